The van der Waals surface area contributed by atoms with Crippen molar-refractivity contribution in [1.82, 2.24) is 0 Å². The molecule has 0 amide bonds. The molecule has 0 saturated carbocycles. The highest BCUT2D eigenvalue weighted by atomic mass is 79.9. The first kappa shape index (κ1) is 13.0. The van der Waals surface area contributed by atoms with Gasteiger partial charge in [-0.3, -0.25) is 4.31 Å². The van der Waals surface area contributed by atoms with E-state index in [0.717, 1.165) is 12.0 Å². The fourth-order valence-electron chi connectivity index (χ4n) is 2.18. The Morgan fingerprint density at radius 3 is 2.79 bits per heavy atom. The number of hydrogen-bond donors (Lipinski definition) is 1. The molecule has 2 aromatic rings. The van der Waals surface area contributed by atoms with E-state index in [-0.39, 0.29) is 0 Å². The number of rotatable bonds is 2. The molecule has 0 spiro atoms. The van der Waals surface area contributed by atoms with E-state index in [2.05, 4.69) is 15.9 Å². The molecular weight excluding hydrogens is 348 g/mol. The van der Waals surface area contributed by atoms with Gasteiger partial charge in [0.2, 0.25) is 0 Å². The summed E-state index contributed by atoms with van der Waals surface area (Å²) in [6.07, 6.45) is 0.720. The van der Waals surface area contributed by atoms with Gasteiger partial charge in [0.15, 0.2) is 4.21 Å². The average molecular weight is 359 g/mol. The fourth-order valence-corrected chi connectivity index (χ4v) is 6.09. The van der Waals surface area contributed by atoms with E-state index in [0.29, 0.717) is 26.6 Å². The summed E-state index contributed by atoms with van der Waals surface area (Å²) >= 11 is 4.50. The summed E-state index contributed by atoms with van der Waals surface area (Å²) in [5.74, 6) is 0. The van der Waals surface area contributed by atoms with Crippen molar-refractivity contribution in [2.24, 2.45) is 0 Å². The summed E-state index contributed by atoms with van der Waals surface area (Å²) in [4.78, 5) is 0. The van der Waals surface area contributed by atoms with Crippen LogP contribution in [0, 0.1) is 0 Å². The molecule has 2 heterocycles. The third kappa shape index (κ3) is 2.05. The first-order chi connectivity index (χ1) is 9.00. The minimum atomic E-state index is -3.51. The van der Waals surface area contributed by atoms with E-state index in [1.807, 2.05) is 6.07 Å². The molecule has 0 atom stereocenters. The highest BCUT2D eigenvalue weighted by Crippen LogP contribution is 2.37. The monoisotopic (exact) mass is 358 g/mol. The van der Waals surface area contributed by atoms with Crippen molar-refractivity contribution in [3.63, 3.8) is 0 Å². The summed E-state index contributed by atoms with van der Waals surface area (Å²) in [5.41, 5.74) is 8.05. The molecule has 0 saturated heterocycles. The van der Waals surface area contributed by atoms with Gasteiger partial charge in [-0.05, 0) is 51.5 Å². The number of nitrogens with two attached hydrogens (primary N) is 1. The number of sulfonamides is 1. The molecular formula is C12H11BrN2O2S2. The van der Waals surface area contributed by atoms with Crippen molar-refractivity contribution in [3.8, 4) is 0 Å². The molecule has 1 aliphatic rings. The van der Waals surface area contributed by atoms with Gasteiger partial charge in [0, 0.05) is 16.7 Å². The zero-order valence-corrected chi connectivity index (χ0v) is 13.1. The maximum Gasteiger partial charge on any atom is 0.274 e. The van der Waals surface area contributed by atoms with Crippen LogP contribution < -0.4 is 10.0 Å². The van der Waals surface area contributed by atoms with Crippen molar-refractivity contribution >= 4 is 48.7 Å². The molecule has 4 nitrogen and oxygen atoms in total. The lowest BCUT2D eigenvalue weighted by molar-refractivity contribution is 0.594. The lowest BCUT2D eigenvalue weighted by Gasteiger charge is -2.19. The second kappa shape index (κ2) is 4.50. The van der Waals surface area contributed by atoms with Gasteiger partial charge in [0.05, 0.1) is 5.69 Å². The highest BCUT2D eigenvalue weighted by molar-refractivity contribution is 9.10. The van der Waals surface area contributed by atoms with Gasteiger partial charge in [0.25, 0.3) is 10.0 Å². The van der Waals surface area contributed by atoms with Gasteiger partial charge in [0.1, 0.15) is 0 Å². The molecule has 0 fully saturated rings. The lowest BCUT2D eigenvalue weighted by atomic mass is 10.1. The van der Waals surface area contributed by atoms with E-state index in [1.54, 1.807) is 23.6 Å². The number of thiophene rings is 1. The number of halogens is 1. The summed E-state index contributed by atoms with van der Waals surface area (Å²) < 4.78 is 27.7. The van der Waals surface area contributed by atoms with Gasteiger partial charge in [-0.1, -0.05) is 6.07 Å². The van der Waals surface area contributed by atoms with Crippen LogP contribution in [0.4, 0.5) is 11.4 Å². The summed E-state index contributed by atoms with van der Waals surface area (Å²) in [5, 5.41) is 1.76. The summed E-state index contributed by atoms with van der Waals surface area (Å²) in [7, 11) is -3.51. The number of anilines is 2. The Labute approximate surface area is 124 Å². The van der Waals surface area contributed by atoms with Crippen molar-refractivity contribution < 1.29 is 8.42 Å². The van der Waals surface area contributed by atoms with Crippen LogP contribution in [-0.4, -0.2) is 15.0 Å². The molecule has 1 aromatic heterocycles. The number of nitrogen functional groups attached to an aromatic ring is 1. The predicted octanol–water partition coefficient (Wildman–Crippen LogP) is 2.84. The van der Waals surface area contributed by atoms with Crippen LogP contribution in [-0.2, 0) is 16.4 Å². The number of benzene rings is 1. The Bertz CT molecular complexity index is 740. The molecule has 1 aromatic carbocycles. The molecule has 3 rings (SSSR count). The highest BCUT2D eigenvalue weighted by Gasteiger charge is 2.33. The van der Waals surface area contributed by atoms with E-state index in [9.17, 15) is 8.42 Å². The largest absolute Gasteiger partial charge is 0.399 e. The van der Waals surface area contributed by atoms with Crippen LogP contribution >= 0.6 is 27.3 Å². The first-order valence-corrected chi connectivity index (χ1v) is 8.75. The van der Waals surface area contributed by atoms with Crippen LogP contribution in [0.15, 0.2) is 38.3 Å². The quantitative estimate of drug-likeness (QED) is 0.839. The van der Waals surface area contributed by atoms with Crippen molar-refractivity contribution in [1.29, 1.82) is 0 Å². The molecule has 2 N–H and O–H groups in total. The molecule has 100 valence electrons. The van der Waals surface area contributed by atoms with E-state index >= 15 is 0 Å². The Morgan fingerprint density at radius 2 is 2.11 bits per heavy atom. The normalized spacial score (nSPS) is 14.7. The molecule has 19 heavy (non-hydrogen) atoms. The predicted molar refractivity (Wildman–Crippen MR) is 81.1 cm³/mol. The zero-order chi connectivity index (χ0) is 13.6. The zero-order valence-electron chi connectivity index (χ0n) is 9.84. The van der Waals surface area contributed by atoms with E-state index in [1.165, 1.54) is 15.6 Å². The summed E-state index contributed by atoms with van der Waals surface area (Å²) in [6, 6.07) is 7.16. The van der Waals surface area contributed by atoms with Gasteiger partial charge in [-0.2, -0.15) is 0 Å². The molecule has 1 aliphatic heterocycles. The number of nitrogens with zero attached hydrogens (tertiary/aromatic N) is 1. The van der Waals surface area contributed by atoms with Crippen molar-refractivity contribution in [2.45, 2.75) is 10.6 Å². The summed E-state index contributed by atoms with van der Waals surface area (Å²) in [6.45, 7) is 0.464. The Hall–Kier alpha value is -1.05. The Kier molecular flexibility index (Phi) is 3.07. The molecule has 0 bridgehead atoms. The second-order valence-corrected chi connectivity index (χ2v) is 8.10. The van der Waals surface area contributed by atoms with Crippen molar-refractivity contribution in [3.05, 3.63) is 39.7 Å². The van der Waals surface area contributed by atoms with Crippen LogP contribution in [0.3, 0.4) is 0 Å². The van der Waals surface area contributed by atoms with Crippen LogP contribution in [0.1, 0.15) is 5.56 Å². The fraction of sp³-hybridized carbons (Fsp3) is 0.167. The maximum atomic E-state index is 12.7. The van der Waals surface area contributed by atoms with Crippen LogP contribution in [0.5, 0.6) is 0 Å². The van der Waals surface area contributed by atoms with E-state index in [4.69, 9.17) is 5.73 Å². The van der Waals surface area contributed by atoms with Crippen LogP contribution in [0.25, 0.3) is 0 Å². The SMILES string of the molecule is Nc1ccc2c(c1)N(S(=O)(=O)c1sccc1Br)CC2. The minimum absolute atomic E-state index is 0.336. The Balaban J connectivity index is 2.11. The Morgan fingerprint density at radius 1 is 1.32 bits per heavy atom. The van der Waals surface area contributed by atoms with Crippen LogP contribution in [0.2, 0.25) is 0 Å². The standard InChI is InChI=1S/C12H11BrN2O2S2/c13-10-4-6-18-12(10)19(16,17)15-5-3-8-1-2-9(14)7-11(8)15/h1-2,4,6-7H,3,5,14H2. The van der Waals surface area contributed by atoms with Crippen molar-refractivity contribution in [2.75, 3.05) is 16.6 Å². The van der Waals surface area contributed by atoms with Gasteiger partial charge >= 0.3 is 0 Å². The maximum absolute atomic E-state index is 12.7. The molecule has 0 radical (unpaired) electrons. The number of fused-ring (bicyclic) bond motifs is 1. The minimum Gasteiger partial charge on any atom is -0.399 e. The third-order valence-corrected chi connectivity index (χ3v) is 7.53. The third-order valence-electron chi connectivity index (χ3n) is 3.07. The molecule has 7 heteroatoms. The second-order valence-electron chi connectivity index (χ2n) is 4.27. The average Bonchev–Trinajstić information content (AvgIpc) is 2.94. The molecule has 0 aliphatic carbocycles. The smallest absolute Gasteiger partial charge is 0.274 e. The van der Waals surface area contributed by atoms with Gasteiger partial charge < -0.3 is 5.73 Å². The topological polar surface area (TPSA) is 63.4 Å². The number of hydrogen-bond acceptors (Lipinski definition) is 4. The van der Waals surface area contributed by atoms with Gasteiger partial charge in [-0.15, -0.1) is 11.3 Å². The molecule has 0 unspecified atom stereocenters. The lowest BCUT2D eigenvalue weighted by Crippen LogP contribution is -2.28. The first-order valence-electron chi connectivity index (χ1n) is 5.64. The van der Waals surface area contributed by atoms with E-state index < -0.39 is 10.0 Å². The van der Waals surface area contributed by atoms with Gasteiger partial charge in [-0.25, -0.2) is 8.42 Å².